The van der Waals surface area contributed by atoms with E-state index in [1.54, 1.807) is 70.6 Å². The molecule has 0 saturated carbocycles. The van der Waals surface area contributed by atoms with Crippen molar-refractivity contribution in [2.75, 3.05) is 240 Å². The summed E-state index contributed by atoms with van der Waals surface area (Å²) in [6.45, 7) is 27.0. The van der Waals surface area contributed by atoms with Crippen LogP contribution in [-0.2, 0) is 110 Å². The molecule has 35 heteroatoms. The maximum atomic E-state index is 13.7. The Morgan fingerprint density at radius 2 is 0.404 bits per heavy atom. The first-order valence-corrected chi connectivity index (χ1v) is 61.4. The lowest BCUT2D eigenvalue weighted by molar-refractivity contribution is -0.155. The SMILES string of the molecule is CCCCCCCCSCC(C)C(=O)OCCOC(=O)CCN(CCNCCN(CCC(=O)OCCOC(=O)C(C)CSCCCCCCCC)CCN(CCC(=O)OCCOC(=O)C(C)CSCCCCCCCC)CCC(O)OCCOC(=O)C(C)CSCCCCCCCC)CCN(CCC(=O)OCCOC(=O)C(C)CSCCCCCC)CCC(=O)OCCOC(=O)C(C)CSCCCCCC. The van der Waals surface area contributed by atoms with Crippen molar-refractivity contribution in [3.05, 3.63) is 0 Å². The second kappa shape index (κ2) is 101. The summed E-state index contributed by atoms with van der Waals surface area (Å²) in [5.41, 5.74) is 0. The molecule has 826 valence electrons. The van der Waals surface area contributed by atoms with Gasteiger partial charge in [0, 0.05) is 133 Å². The fraction of sp³-hybridized carbons (Fsp3) is 0.896. The standard InChI is InChI=1S/C106H197N5O24S6/c1-13-19-25-31-35-41-79-138-85-91(9)103(120)132-73-67-126-97(114)47-55-109(56-48-98(115)127-68-74-133-104(121)92(10)86-139-80-42-36-32-26-20-14-2)62-64-111(58-50-100(117)129-70-76-135-106(123)94(12)88-141-82-44-38-34-28-22-16-4)60-52-107-51-59-110(57-49-99(116)128-69-75-134-105(122)93(11)87-140-81-43-37-33-27-21-15-3)63-61-108(53-45-95(112)124-65-71-130-101(118)89(7)83-136-77-39-29-23-17-5)54-46-96(113)125-66-72-131-102(119)90(8)84-137-78-40-30-24-18-6/h89-94,97,107,114H,13-88H2,1-12H3. The van der Waals surface area contributed by atoms with Gasteiger partial charge < -0.3 is 86.9 Å². The van der Waals surface area contributed by atoms with Crippen molar-refractivity contribution in [1.82, 2.24) is 24.9 Å². The van der Waals surface area contributed by atoms with Crippen LogP contribution in [0.3, 0.4) is 0 Å². The second-order valence-corrected chi connectivity index (χ2v) is 44.0. The van der Waals surface area contributed by atoms with Gasteiger partial charge in [0.05, 0.1) is 74.2 Å². The molecule has 0 aromatic heterocycles. The summed E-state index contributed by atoms with van der Waals surface area (Å²) >= 11 is 10.4. The zero-order valence-corrected chi connectivity index (χ0v) is 94.8. The molecule has 29 nitrogen and oxygen atoms in total. The normalized spacial score (nSPS) is 13.1. The molecular formula is C106H197N5O24S6. The lowest BCUT2D eigenvalue weighted by atomic mass is 10.1. The van der Waals surface area contributed by atoms with Gasteiger partial charge in [-0.15, -0.1) is 0 Å². The zero-order valence-electron chi connectivity index (χ0n) is 89.9. The highest BCUT2D eigenvalue weighted by Gasteiger charge is 2.25. The summed E-state index contributed by atoms with van der Waals surface area (Å²) in [7, 11) is 0. The summed E-state index contributed by atoms with van der Waals surface area (Å²) < 4.78 is 67.0. The smallest absolute Gasteiger partial charge is 0.309 e. The highest BCUT2D eigenvalue weighted by molar-refractivity contribution is 8.00. The number of thioether (sulfide) groups is 6. The third-order valence-electron chi connectivity index (χ3n) is 23.6. The van der Waals surface area contributed by atoms with Crippen molar-refractivity contribution < 1.29 is 115 Å². The third kappa shape index (κ3) is 88.6. The molecule has 2 N–H and O–H groups in total. The summed E-state index contributed by atoms with van der Waals surface area (Å²) in [5, 5.41) is 14.8. The van der Waals surface area contributed by atoms with Gasteiger partial charge in [0.15, 0.2) is 6.29 Å². The minimum atomic E-state index is -1.26. The van der Waals surface area contributed by atoms with Crippen LogP contribution in [0.5, 0.6) is 0 Å². The molecule has 0 aromatic carbocycles. The van der Waals surface area contributed by atoms with Crippen LogP contribution in [0.1, 0.15) is 327 Å². The van der Waals surface area contributed by atoms with Crippen molar-refractivity contribution in [2.24, 2.45) is 35.5 Å². The first kappa shape index (κ1) is 137. The van der Waals surface area contributed by atoms with Crippen LogP contribution >= 0.6 is 70.6 Å². The van der Waals surface area contributed by atoms with Gasteiger partial charge in [0.1, 0.15) is 72.7 Å². The van der Waals surface area contributed by atoms with Gasteiger partial charge in [-0.2, -0.15) is 70.6 Å². The number of nitrogens with zero attached hydrogens (tertiary/aromatic N) is 4. The van der Waals surface area contributed by atoms with Gasteiger partial charge in [-0.1, -0.05) is 250 Å². The van der Waals surface area contributed by atoms with E-state index in [1.807, 2.05) is 51.3 Å². The Morgan fingerprint density at radius 3 is 0.624 bits per heavy atom. The molecule has 0 aromatic rings. The molecule has 7 atom stereocenters. The summed E-state index contributed by atoms with van der Waals surface area (Å²) in [6, 6.07) is 0. The van der Waals surface area contributed by atoms with Gasteiger partial charge >= 0.3 is 65.7 Å². The van der Waals surface area contributed by atoms with E-state index in [2.05, 4.69) is 56.7 Å². The number of rotatable bonds is 105. The van der Waals surface area contributed by atoms with E-state index in [1.165, 1.54) is 141 Å². The van der Waals surface area contributed by atoms with Gasteiger partial charge in [-0.3, -0.25) is 52.7 Å². The van der Waals surface area contributed by atoms with Gasteiger partial charge in [-0.25, -0.2) is 0 Å². The molecule has 0 saturated heterocycles. The number of ether oxygens (including phenoxy) is 12. The quantitative estimate of drug-likeness (QED) is 0.0247. The van der Waals surface area contributed by atoms with E-state index >= 15 is 0 Å². The Kier molecular flexibility index (Phi) is 97.7. The average molecular weight is 2120 g/mol. The first-order valence-electron chi connectivity index (χ1n) is 54.5. The number of nitrogens with one attached hydrogen (secondary N) is 1. The van der Waals surface area contributed by atoms with Gasteiger partial charge in [0.25, 0.3) is 0 Å². The minimum Gasteiger partial charge on any atom is -0.463 e. The molecule has 0 bridgehead atoms. The highest BCUT2D eigenvalue weighted by atomic mass is 32.2. The highest BCUT2D eigenvalue weighted by Crippen LogP contribution is 2.22. The largest absolute Gasteiger partial charge is 0.463 e. The van der Waals surface area contributed by atoms with E-state index in [0.717, 1.165) is 98.7 Å². The van der Waals surface area contributed by atoms with Crippen molar-refractivity contribution in [3.63, 3.8) is 0 Å². The fourth-order valence-corrected chi connectivity index (χ4v) is 20.7. The molecule has 0 radical (unpaired) electrons. The number of aliphatic hydroxyl groups is 1. The van der Waals surface area contributed by atoms with E-state index in [0.29, 0.717) is 86.9 Å². The van der Waals surface area contributed by atoms with E-state index in [4.69, 9.17) is 56.8 Å². The molecular weight excluding hydrogens is 1920 g/mol. The lowest BCUT2D eigenvalue weighted by Crippen LogP contribution is -2.43. The lowest BCUT2D eigenvalue weighted by Gasteiger charge is -2.29. The summed E-state index contributed by atoms with van der Waals surface area (Å²) in [6.07, 6.45) is 36.4. The van der Waals surface area contributed by atoms with Crippen molar-refractivity contribution in [1.29, 1.82) is 0 Å². The summed E-state index contributed by atoms with van der Waals surface area (Å²) in [4.78, 5) is 154. The molecule has 7 unspecified atom stereocenters. The second-order valence-electron chi connectivity index (χ2n) is 37.1. The predicted octanol–water partition coefficient (Wildman–Crippen LogP) is 19.3. The Bertz CT molecular complexity index is 3000. The van der Waals surface area contributed by atoms with Gasteiger partial charge in [0.2, 0.25) is 0 Å². The van der Waals surface area contributed by atoms with E-state index in [-0.39, 0.29) is 228 Å². The fourth-order valence-electron chi connectivity index (χ4n) is 14.3. The van der Waals surface area contributed by atoms with Crippen molar-refractivity contribution in [2.45, 2.75) is 333 Å². The maximum absolute atomic E-state index is 13.7. The number of carbonyl (C=O) groups excluding carboxylic acids is 11. The monoisotopic (exact) mass is 2120 g/mol. The summed E-state index contributed by atoms with van der Waals surface area (Å²) in [5.74, 6) is 2.92. The van der Waals surface area contributed by atoms with Crippen LogP contribution in [-0.4, -0.2) is 337 Å². The topological polar surface area (TPSA) is 344 Å². The maximum Gasteiger partial charge on any atom is 0.309 e. The Labute approximate surface area is 878 Å². The third-order valence-corrected chi connectivity index (χ3v) is 31.5. The van der Waals surface area contributed by atoms with Crippen LogP contribution in [0.2, 0.25) is 0 Å². The average Bonchev–Trinajstić information content (AvgIpc) is 0.932. The molecule has 0 aliphatic carbocycles. The number of unbranched alkanes of at least 4 members (excludes halogenated alkanes) is 26. The van der Waals surface area contributed by atoms with Crippen molar-refractivity contribution >= 4 is 136 Å². The zero-order chi connectivity index (χ0) is 104. The number of carbonyl (C=O) groups is 11. The van der Waals surface area contributed by atoms with Crippen molar-refractivity contribution in [3.8, 4) is 0 Å². The molecule has 0 rings (SSSR count). The van der Waals surface area contributed by atoms with Crippen LogP contribution in [0.4, 0.5) is 0 Å². The number of hydrogen-bond donors (Lipinski definition) is 2. The van der Waals surface area contributed by atoms with E-state index < -0.39 is 36.1 Å². The minimum absolute atomic E-state index is 0.0297. The van der Waals surface area contributed by atoms with Gasteiger partial charge in [-0.05, 0) is 73.0 Å². The molecule has 0 aliphatic heterocycles. The van der Waals surface area contributed by atoms with Crippen LogP contribution in [0.15, 0.2) is 0 Å². The molecule has 141 heavy (non-hydrogen) atoms. The molecule has 0 aliphatic rings. The van der Waals surface area contributed by atoms with E-state index in [9.17, 15) is 57.8 Å². The Morgan fingerprint density at radius 1 is 0.227 bits per heavy atom. The number of esters is 11. The molecule has 0 spiro atoms. The molecule has 0 amide bonds. The first-order chi connectivity index (χ1) is 68.3. The Balaban J connectivity index is 7.15. The molecule has 0 fully saturated rings. The van der Waals surface area contributed by atoms with Crippen LogP contribution in [0, 0.1) is 35.5 Å². The number of hydrogen-bond acceptors (Lipinski definition) is 35. The molecule has 0 heterocycles. The predicted molar refractivity (Wildman–Crippen MR) is 580 cm³/mol. The number of aliphatic hydroxyl groups excluding tert-OH is 1. The Hall–Kier alpha value is -4.01. The van der Waals surface area contributed by atoms with Crippen LogP contribution < -0.4 is 5.32 Å². The van der Waals surface area contributed by atoms with Crippen LogP contribution in [0.25, 0.3) is 0 Å².